The van der Waals surface area contributed by atoms with Gasteiger partial charge in [0.2, 0.25) is 11.8 Å². The highest BCUT2D eigenvalue weighted by molar-refractivity contribution is 6.39. The normalized spacial score (nSPS) is 18.2. The van der Waals surface area contributed by atoms with Gasteiger partial charge >= 0.3 is 0 Å². The zero-order valence-corrected chi connectivity index (χ0v) is 30.2. The molecule has 0 bridgehead atoms. The van der Waals surface area contributed by atoms with Crippen LogP contribution in [0.4, 0.5) is 0 Å². The monoisotopic (exact) mass is 714 g/mol. The van der Waals surface area contributed by atoms with E-state index in [2.05, 4.69) is 33.0 Å². The zero-order chi connectivity index (χ0) is 34.6. The lowest BCUT2D eigenvalue weighted by Gasteiger charge is -2.32. The predicted molar refractivity (Wildman–Crippen MR) is 199 cm³/mol. The van der Waals surface area contributed by atoms with E-state index in [4.69, 9.17) is 42.6 Å². The number of methoxy groups -OCH3 is 2. The minimum Gasteiger partial charge on any atom is -0.496 e. The van der Waals surface area contributed by atoms with Crippen LogP contribution in [0.2, 0.25) is 10.0 Å². The number of nitrogens with one attached hydrogen (secondary N) is 3. The lowest BCUT2D eigenvalue weighted by atomic mass is 9.92. The molecule has 262 valence electrons. The van der Waals surface area contributed by atoms with Crippen LogP contribution in [0.5, 0.6) is 11.6 Å². The van der Waals surface area contributed by atoms with Crippen LogP contribution in [0.15, 0.2) is 54.7 Å². The maximum atomic E-state index is 11.6. The molecule has 50 heavy (non-hydrogen) atoms. The molecule has 5 heterocycles. The van der Waals surface area contributed by atoms with Gasteiger partial charge in [-0.15, -0.1) is 0 Å². The Labute approximate surface area is 304 Å². The summed E-state index contributed by atoms with van der Waals surface area (Å²) in [5.41, 5.74) is 8.06. The van der Waals surface area contributed by atoms with Crippen LogP contribution in [0.25, 0.3) is 33.6 Å². The molecule has 0 unspecified atom stereocenters. The highest BCUT2D eigenvalue weighted by Crippen LogP contribution is 2.43. The molecule has 0 saturated carbocycles. The summed E-state index contributed by atoms with van der Waals surface area (Å²) in [7, 11) is 3.34. The molecule has 2 fully saturated rings. The number of piperidine rings is 1. The Balaban J connectivity index is 1.12. The Bertz CT molecular complexity index is 1850. The Morgan fingerprint density at radius 2 is 1.78 bits per heavy atom. The van der Waals surface area contributed by atoms with E-state index in [0.717, 1.165) is 85.1 Å². The molecule has 3 aliphatic rings. The predicted octanol–water partition coefficient (Wildman–Crippen LogP) is 6.88. The second kappa shape index (κ2) is 15.7. The Morgan fingerprint density at radius 3 is 2.56 bits per heavy atom. The van der Waals surface area contributed by atoms with Gasteiger partial charge < -0.3 is 20.1 Å². The number of ether oxygens (including phenoxy) is 2. The van der Waals surface area contributed by atoms with Crippen LogP contribution in [0.1, 0.15) is 48.8 Å². The highest BCUT2D eigenvalue weighted by Gasteiger charge is 2.25. The van der Waals surface area contributed by atoms with Gasteiger partial charge in [0.05, 0.1) is 41.8 Å². The van der Waals surface area contributed by atoms with Crippen molar-refractivity contribution in [2.24, 2.45) is 5.92 Å². The molecule has 3 aliphatic heterocycles. The lowest BCUT2D eigenvalue weighted by Crippen LogP contribution is -2.38. The number of halogens is 2. The summed E-state index contributed by atoms with van der Waals surface area (Å²) in [4.78, 5) is 23.7. The maximum absolute atomic E-state index is 11.6. The maximum Gasteiger partial charge on any atom is 0.221 e. The van der Waals surface area contributed by atoms with Crippen LogP contribution >= 0.6 is 23.2 Å². The zero-order valence-electron chi connectivity index (χ0n) is 28.7. The summed E-state index contributed by atoms with van der Waals surface area (Å²) in [5, 5.41) is 10.8. The molecule has 0 radical (unpaired) electrons. The van der Waals surface area contributed by atoms with Gasteiger partial charge in [-0.3, -0.25) is 20.0 Å². The summed E-state index contributed by atoms with van der Waals surface area (Å²) >= 11 is 14.3. The topological polar surface area (TPSA) is 101 Å². The van der Waals surface area contributed by atoms with Gasteiger partial charge in [-0.05, 0) is 87.5 Å². The molecule has 2 aromatic heterocycles. The first-order valence-corrected chi connectivity index (χ1v) is 18.3. The Hall–Kier alpha value is -3.73. The molecule has 2 saturated heterocycles. The molecule has 0 aliphatic carbocycles. The van der Waals surface area contributed by atoms with E-state index in [0.29, 0.717) is 40.3 Å². The standard InChI is InChI=1S/C39H44Cl2N6O3/c1-49-33-21-27(20-25-14-19-47(23-31(25)33)18-13-24-10-15-42-16-11-24)38-37(41)29(12-17-43-38)28-4-3-5-30(36(28)40)32-7-6-26(39(45-32)50-2)22-44-34-8-9-35(48)46-34/h3-7,12,17,20-21,24,34,42,44H,8-11,13-16,18-19,22-23H2,1-2H3,(H,46,48)/t34-/m0/s1. The number of fused-ring (bicyclic) bond motifs is 1. The van der Waals surface area contributed by atoms with Crippen LogP contribution in [-0.4, -0.2) is 67.3 Å². The van der Waals surface area contributed by atoms with Crippen molar-refractivity contribution in [1.82, 2.24) is 30.8 Å². The fourth-order valence-electron chi connectivity index (χ4n) is 7.45. The smallest absolute Gasteiger partial charge is 0.221 e. The molecule has 1 amide bonds. The first kappa shape index (κ1) is 34.7. The molecule has 4 aromatic rings. The molecule has 9 nitrogen and oxygen atoms in total. The van der Waals surface area contributed by atoms with Gasteiger partial charge in [-0.2, -0.15) is 0 Å². The molecule has 7 rings (SSSR count). The minimum atomic E-state index is -0.0558. The van der Waals surface area contributed by atoms with E-state index in [1.165, 1.54) is 30.4 Å². The van der Waals surface area contributed by atoms with Crippen LogP contribution in [0, 0.1) is 5.92 Å². The molecule has 3 N–H and O–H groups in total. The van der Waals surface area contributed by atoms with Gasteiger partial charge in [0, 0.05) is 65.6 Å². The van der Waals surface area contributed by atoms with Crippen molar-refractivity contribution in [2.45, 2.75) is 57.8 Å². The summed E-state index contributed by atoms with van der Waals surface area (Å²) in [6, 6.07) is 16.0. The second-order valence-corrected chi connectivity index (χ2v) is 14.2. The SMILES string of the molecule is COc1cc(-c2nccc(-c3cccc(-c4ccc(CN[C@@H]5CCC(=O)N5)c(OC)n4)c3Cl)c2Cl)cc2c1CN(CCC1CCNCC1)CC2. The molecular weight excluding hydrogens is 671 g/mol. The molecule has 1 atom stereocenters. The van der Waals surface area contributed by atoms with E-state index >= 15 is 0 Å². The van der Waals surface area contributed by atoms with Gasteiger partial charge in [0.1, 0.15) is 5.75 Å². The van der Waals surface area contributed by atoms with E-state index in [1.54, 1.807) is 20.4 Å². The minimum absolute atomic E-state index is 0.0558. The second-order valence-electron chi connectivity index (χ2n) is 13.4. The average Bonchev–Trinajstić information content (AvgIpc) is 3.58. The first-order valence-electron chi connectivity index (χ1n) is 17.6. The number of hydrogen-bond donors (Lipinski definition) is 3. The summed E-state index contributed by atoms with van der Waals surface area (Å²) in [5.74, 6) is 2.25. The van der Waals surface area contributed by atoms with E-state index in [1.807, 2.05) is 36.4 Å². The number of amides is 1. The Kier molecular flexibility index (Phi) is 10.9. The lowest BCUT2D eigenvalue weighted by molar-refractivity contribution is -0.119. The third kappa shape index (κ3) is 7.48. The number of benzene rings is 2. The molecule has 0 spiro atoms. The van der Waals surface area contributed by atoms with Crippen molar-refractivity contribution in [3.05, 3.63) is 81.5 Å². The van der Waals surface area contributed by atoms with Gasteiger partial charge in [-0.1, -0.05) is 47.5 Å². The molecular formula is C39H44Cl2N6O3. The van der Waals surface area contributed by atoms with Crippen molar-refractivity contribution in [1.29, 1.82) is 0 Å². The third-order valence-corrected chi connectivity index (χ3v) is 11.1. The largest absolute Gasteiger partial charge is 0.496 e. The number of carbonyl (C=O) groups excluding carboxylic acids is 1. The van der Waals surface area contributed by atoms with Crippen LogP contribution < -0.4 is 25.4 Å². The van der Waals surface area contributed by atoms with Crippen molar-refractivity contribution in [2.75, 3.05) is 40.4 Å². The number of nitrogens with zero attached hydrogens (tertiary/aromatic N) is 3. The number of hydrogen-bond acceptors (Lipinski definition) is 8. The van der Waals surface area contributed by atoms with Crippen molar-refractivity contribution in [3.8, 4) is 45.3 Å². The summed E-state index contributed by atoms with van der Waals surface area (Å²) in [6.45, 7) is 5.83. The van der Waals surface area contributed by atoms with Crippen molar-refractivity contribution < 1.29 is 14.3 Å². The van der Waals surface area contributed by atoms with Crippen molar-refractivity contribution >= 4 is 29.1 Å². The van der Waals surface area contributed by atoms with Gasteiger partial charge in [-0.25, -0.2) is 4.98 Å². The van der Waals surface area contributed by atoms with Gasteiger partial charge in [0.25, 0.3) is 0 Å². The molecule has 11 heteroatoms. The number of rotatable bonds is 11. The van der Waals surface area contributed by atoms with E-state index < -0.39 is 0 Å². The third-order valence-electron chi connectivity index (χ3n) is 10.3. The molecule has 2 aromatic carbocycles. The fraction of sp³-hybridized carbons (Fsp3) is 0.410. The van der Waals surface area contributed by atoms with Crippen LogP contribution in [-0.2, 0) is 24.3 Å². The van der Waals surface area contributed by atoms with E-state index in [-0.39, 0.29) is 12.1 Å². The number of aromatic nitrogens is 2. The highest BCUT2D eigenvalue weighted by atomic mass is 35.5. The van der Waals surface area contributed by atoms with E-state index in [9.17, 15) is 4.79 Å². The number of carbonyl (C=O) groups is 1. The van der Waals surface area contributed by atoms with Crippen LogP contribution in [0.3, 0.4) is 0 Å². The Morgan fingerprint density at radius 1 is 0.960 bits per heavy atom. The summed E-state index contributed by atoms with van der Waals surface area (Å²) in [6.07, 6.45) is 7.78. The fourth-order valence-corrected chi connectivity index (χ4v) is 8.10. The number of pyridine rings is 2. The first-order chi connectivity index (χ1) is 24.4. The van der Waals surface area contributed by atoms with Gasteiger partial charge in [0.15, 0.2) is 0 Å². The quantitative estimate of drug-likeness (QED) is 0.155. The summed E-state index contributed by atoms with van der Waals surface area (Å²) < 4.78 is 11.6. The van der Waals surface area contributed by atoms with Crippen molar-refractivity contribution in [3.63, 3.8) is 0 Å². The average molecular weight is 716 g/mol.